The molecule has 0 saturated carbocycles. The maximum absolute atomic E-state index is 12.3. The van der Waals surface area contributed by atoms with E-state index in [2.05, 4.69) is 5.32 Å². The van der Waals surface area contributed by atoms with E-state index in [4.69, 9.17) is 11.6 Å². The van der Waals surface area contributed by atoms with Gasteiger partial charge in [0.05, 0.1) is 0 Å². The van der Waals surface area contributed by atoms with Crippen molar-refractivity contribution in [2.75, 3.05) is 16.8 Å². The van der Waals surface area contributed by atoms with Crippen LogP contribution in [0.3, 0.4) is 0 Å². The van der Waals surface area contributed by atoms with Gasteiger partial charge in [-0.3, -0.25) is 9.59 Å². The number of aryl methyl sites for hydroxylation is 1. The van der Waals surface area contributed by atoms with E-state index in [1.165, 1.54) is 11.8 Å². The predicted molar refractivity (Wildman–Crippen MR) is 94.0 cm³/mol. The number of nitrogens with zero attached hydrogens (tertiary/aromatic N) is 1. The summed E-state index contributed by atoms with van der Waals surface area (Å²) in [5.41, 5.74) is 3.41. The van der Waals surface area contributed by atoms with Gasteiger partial charge >= 0.3 is 0 Å². The number of hydrogen-bond acceptors (Lipinski definition) is 2. The van der Waals surface area contributed by atoms with Gasteiger partial charge < -0.3 is 10.2 Å². The molecule has 2 aromatic carbocycles. The second-order valence-corrected chi connectivity index (χ2v) is 5.82. The number of carbonyl (C=O) groups excluding carboxylic acids is 2. The van der Waals surface area contributed by atoms with Crippen LogP contribution < -0.4 is 10.2 Å². The minimum Gasteiger partial charge on any atom is -0.324 e. The molecule has 0 aromatic heterocycles. The van der Waals surface area contributed by atoms with Gasteiger partial charge in [-0.25, -0.2) is 0 Å². The molecule has 2 rings (SSSR count). The monoisotopic (exact) mass is 330 g/mol. The van der Waals surface area contributed by atoms with Crippen molar-refractivity contribution in [1.29, 1.82) is 0 Å². The zero-order chi connectivity index (χ0) is 17.0. The SMILES string of the molecule is CC(=O)N(CC(=O)Nc1cccc(Cl)c1)c1cccc(C)c1C. The summed E-state index contributed by atoms with van der Waals surface area (Å²) in [5, 5.41) is 3.30. The number of hydrogen-bond donors (Lipinski definition) is 1. The van der Waals surface area contributed by atoms with E-state index in [9.17, 15) is 9.59 Å². The lowest BCUT2D eigenvalue weighted by molar-refractivity contribution is -0.120. The molecule has 0 aliphatic rings. The van der Waals surface area contributed by atoms with Crippen LogP contribution in [0, 0.1) is 13.8 Å². The van der Waals surface area contributed by atoms with Crippen molar-refractivity contribution in [3.63, 3.8) is 0 Å². The molecule has 5 heteroatoms. The molecule has 0 radical (unpaired) electrons. The molecule has 0 spiro atoms. The highest BCUT2D eigenvalue weighted by atomic mass is 35.5. The molecule has 0 heterocycles. The second-order valence-electron chi connectivity index (χ2n) is 5.38. The Morgan fingerprint density at radius 3 is 2.48 bits per heavy atom. The van der Waals surface area contributed by atoms with Crippen LogP contribution in [0.5, 0.6) is 0 Å². The van der Waals surface area contributed by atoms with Gasteiger partial charge in [0.1, 0.15) is 6.54 Å². The molecule has 0 unspecified atom stereocenters. The summed E-state index contributed by atoms with van der Waals surface area (Å²) >= 11 is 5.90. The third kappa shape index (κ3) is 4.33. The molecular weight excluding hydrogens is 312 g/mol. The van der Waals surface area contributed by atoms with Crippen LogP contribution in [-0.4, -0.2) is 18.4 Å². The fourth-order valence-electron chi connectivity index (χ4n) is 2.30. The van der Waals surface area contributed by atoms with Crippen molar-refractivity contribution in [2.24, 2.45) is 0 Å². The zero-order valence-electron chi connectivity index (χ0n) is 13.4. The van der Waals surface area contributed by atoms with Crippen molar-refractivity contribution < 1.29 is 9.59 Å². The summed E-state index contributed by atoms with van der Waals surface area (Å²) in [5.74, 6) is -0.455. The number of anilines is 2. The maximum Gasteiger partial charge on any atom is 0.244 e. The van der Waals surface area contributed by atoms with E-state index in [0.717, 1.165) is 16.8 Å². The largest absolute Gasteiger partial charge is 0.324 e. The van der Waals surface area contributed by atoms with Crippen LogP contribution in [0.1, 0.15) is 18.1 Å². The van der Waals surface area contributed by atoms with Gasteiger partial charge in [-0.2, -0.15) is 0 Å². The van der Waals surface area contributed by atoms with Crippen molar-refractivity contribution in [2.45, 2.75) is 20.8 Å². The molecule has 4 nitrogen and oxygen atoms in total. The Labute approximate surface area is 141 Å². The summed E-state index contributed by atoms with van der Waals surface area (Å²) in [6.07, 6.45) is 0. The standard InChI is InChI=1S/C18H19ClN2O2/c1-12-6-4-9-17(13(12)2)21(14(3)22)11-18(23)20-16-8-5-7-15(19)10-16/h4-10H,11H2,1-3H3,(H,20,23). The topological polar surface area (TPSA) is 49.4 Å². The van der Waals surface area contributed by atoms with Crippen LogP contribution in [0.4, 0.5) is 11.4 Å². The third-order valence-electron chi connectivity index (χ3n) is 3.66. The predicted octanol–water partition coefficient (Wildman–Crippen LogP) is 3.95. The van der Waals surface area contributed by atoms with E-state index in [-0.39, 0.29) is 18.4 Å². The smallest absolute Gasteiger partial charge is 0.244 e. The van der Waals surface area contributed by atoms with Gasteiger partial charge in [-0.05, 0) is 49.2 Å². The average Bonchev–Trinajstić information content (AvgIpc) is 2.48. The molecule has 2 aromatic rings. The average molecular weight is 331 g/mol. The van der Waals surface area contributed by atoms with Crippen LogP contribution in [0.15, 0.2) is 42.5 Å². The Bertz CT molecular complexity index is 744. The van der Waals surface area contributed by atoms with Crippen LogP contribution >= 0.6 is 11.6 Å². The molecule has 120 valence electrons. The summed E-state index contributed by atoms with van der Waals surface area (Å²) in [4.78, 5) is 25.7. The first-order chi connectivity index (χ1) is 10.9. The van der Waals surface area contributed by atoms with Crippen LogP contribution in [0.2, 0.25) is 5.02 Å². The van der Waals surface area contributed by atoms with E-state index in [1.807, 2.05) is 32.0 Å². The molecule has 0 aliphatic heterocycles. The van der Waals surface area contributed by atoms with Crippen molar-refractivity contribution in [3.8, 4) is 0 Å². The molecule has 0 fully saturated rings. The Morgan fingerprint density at radius 1 is 1.13 bits per heavy atom. The molecule has 23 heavy (non-hydrogen) atoms. The fraction of sp³-hybridized carbons (Fsp3) is 0.222. The van der Waals surface area contributed by atoms with Crippen LogP contribution in [0.25, 0.3) is 0 Å². The van der Waals surface area contributed by atoms with Crippen LogP contribution in [-0.2, 0) is 9.59 Å². The van der Waals surface area contributed by atoms with Gasteiger partial charge in [0.15, 0.2) is 0 Å². The lowest BCUT2D eigenvalue weighted by Crippen LogP contribution is -2.37. The number of amides is 2. The number of rotatable bonds is 4. The van der Waals surface area contributed by atoms with E-state index in [0.29, 0.717) is 10.7 Å². The van der Waals surface area contributed by atoms with Gasteiger partial charge in [0, 0.05) is 23.3 Å². The summed E-state index contributed by atoms with van der Waals surface area (Å²) in [7, 11) is 0. The summed E-state index contributed by atoms with van der Waals surface area (Å²) < 4.78 is 0. The van der Waals surface area contributed by atoms with Gasteiger partial charge in [-0.1, -0.05) is 29.8 Å². The molecule has 0 saturated heterocycles. The molecule has 2 amide bonds. The Morgan fingerprint density at radius 2 is 1.83 bits per heavy atom. The normalized spacial score (nSPS) is 10.3. The zero-order valence-corrected chi connectivity index (χ0v) is 14.1. The second kappa shape index (κ2) is 7.29. The molecule has 0 aliphatic carbocycles. The van der Waals surface area contributed by atoms with E-state index >= 15 is 0 Å². The van der Waals surface area contributed by atoms with Crippen molar-refractivity contribution in [1.82, 2.24) is 0 Å². The van der Waals surface area contributed by atoms with Gasteiger partial charge in [-0.15, -0.1) is 0 Å². The Hall–Kier alpha value is -2.33. The highest BCUT2D eigenvalue weighted by Gasteiger charge is 2.18. The fourth-order valence-corrected chi connectivity index (χ4v) is 2.49. The lowest BCUT2D eigenvalue weighted by atomic mass is 10.1. The highest BCUT2D eigenvalue weighted by molar-refractivity contribution is 6.30. The number of carbonyl (C=O) groups is 2. The minimum atomic E-state index is -0.275. The molecule has 0 bridgehead atoms. The summed E-state index contributed by atoms with van der Waals surface area (Å²) in [6, 6.07) is 12.6. The first kappa shape index (κ1) is 17.0. The number of benzene rings is 2. The minimum absolute atomic E-state index is 0.0495. The molecule has 1 N–H and O–H groups in total. The number of nitrogens with one attached hydrogen (secondary N) is 1. The Balaban J connectivity index is 2.18. The first-order valence-corrected chi connectivity index (χ1v) is 7.66. The first-order valence-electron chi connectivity index (χ1n) is 7.28. The highest BCUT2D eigenvalue weighted by Crippen LogP contribution is 2.23. The molecular formula is C18H19ClN2O2. The number of halogens is 1. The van der Waals surface area contributed by atoms with Crippen molar-refractivity contribution in [3.05, 3.63) is 58.6 Å². The quantitative estimate of drug-likeness (QED) is 0.922. The van der Waals surface area contributed by atoms with Gasteiger partial charge in [0.25, 0.3) is 0 Å². The maximum atomic E-state index is 12.3. The van der Waals surface area contributed by atoms with Crippen molar-refractivity contribution >= 4 is 34.8 Å². The molecule has 0 atom stereocenters. The summed E-state index contributed by atoms with van der Waals surface area (Å²) in [6.45, 7) is 5.32. The van der Waals surface area contributed by atoms with Gasteiger partial charge in [0.2, 0.25) is 11.8 Å². The lowest BCUT2D eigenvalue weighted by Gasteiger charge is -2.23. The van der Waals surface area contributed by atoms with E-state index in [1.54, 1.807) is 24.3 Å². The van der Waals surface area contributed by atoms with E-state index < -0.39 is 0 Å². The third-order valence-corrected chi connectivity index (χ3v) is 3.89. The Kier molecular flexibility index (Phi) is 5.40.